The van der Waals surface area contributed by atoms with Crippen LogP contribution in [0.5, 0.6) is 0 Å². The van der Waals surface area contributed by atoms with Crippen LogP contribution >= 0.6 is 35.0 Å². The summed E-state index contributed by atoms with van der Waals surface area (Å²) in [4.78, 5) is 14.1. The Balaban J connectivity index is 1.61. The summed E-state index contributed by atoms with van der Waals surface area (Å²) in [6, 6.07) is 5.51. The van der Waals surface area contributed by atoms with Gasteiger partial charge in [0.1, 0.15) is 0 Å². The average molecular weight is 401 g/mol. The lowest BCUT2D eigenvalue weighted by atomic mass is 10.1. The third kappa shape index (κ3) is 4.40. The highest BCUT2D eigenvalue weighted by atomic mass is 35.5. The zero-order valence-corrected chi connectivity index (χ0v) is 16.0. The van der Waals surface area contributed by atoms with Crippen molar-refractivity contribution < 1.29 is 9.53 Å². The Morgan fingerprint density at radius 1 is 1.40 bits per heavy atom. The van der Waals surface area contributed by atoms with Gasteiger partial charge in [0, 0.05) is 23.4 Å². The first-order valence-corrected chi connectivity index (χ1v) is 9.67. The molecule has 1 aliphatic rings. The number of carbonyl (C=O) groups excluding carboxylic acids is 1. The number of ether oxygens (including phenoxy) is 1. The number of hydrogen-bond acceptors (Lipinski definition) is 6. The normalized spacial score (nSPS) is 15.4. The Morgan fingerprint density at radius 2 is 2.16 bits per heavy atom. The first-order chi connectivity index (χ1) is 12.1. The molecule has 1 aromatic heterocycles. The molecule has 9 heteroatoms. The Kier molecular flexibility index (Phi) is 6.09. The number of aromatic nitrogens is 3. The van der Waals surface area contributed by atoms with Crippen molar-refractivity contribution in [3.63, 3.8) is 0 Å². The van der Waals surface area contributed by atoms with Gasteiger partial charge in [0.15, 0.2) is 10.7 Å². The standard InChI is InChI=1S/C16H18Cl2N4O2S/c1-2-24-16(23)14-15(20-21-19-14)25-11-5-7-22(8-6-11)13-9-10(17)3-4-12(13)18/h3-4,9,11H,2,5-8H2,1H3,(H,19,20,21). The van der Waals surface area contributed by atoms with Gasteiger partial charge in [0.05, 0.1) is 17.3 Å². The van der Waals surface area contributed by atoms with Crippen molar-refractivity contribution in [2.45, 2.75) is 30.0 Å². The van der Waals surface area contributed by atoms with Crippen molar-refractivity contribution >= 4 is 46.6 Å². The summed E-state index contributed by atoms with van der Waals surface area (Å²) in [6.07, 6.45) is 1.89. The minimum atomic E-state index is -0.418. The van der Waals surface area contributed by atoms with Crippen LogP contribution in [0.15, 0.2) is 23.2 Å². The highest BCUT2D eigenvalue weighted by Gasteiger charge is 2.25. The molecule has 1 N–H and O–H groups in total. The Bertz CT molecular complexity index is 747. The van der Waals surface area contributed by atoms with Crippen LogP contribution in [0.25, 0.3) is 0 Å². The van der Waals surface area contributed by atoms with Crippen LogP contribution in [0.4, 0.5) is 5.69 Å². The number of piperidine rings is 1. The molecular weight excluding hydrogens is 383 g/mol. The summed E-state index contributed by atoms with van der Waals surface area (Å²) in [6.45, 7) is 3.82. The molecular formula is C16H18Cl2N4O2S. The minimum absolute atomic E-state index is 0.320. The van der Waals surface area contributed by atoms with Gasteiger partial charge in [-0.05, 0) is 38.0 Å². The van der Waals surface area contributed by atoms with Gasteiger partial charge in [-0.15, -0.1) is 5.10 Å². The van der Waals surface area contributed by atoms with Gasteiger partial charge < -0.3 is 9.64 Å². The smallest absolute Gasteiger partial charge is 0.359 e. The van der Waals surface area contributed by atoms with E-state index >= 15 is 0 Å². The van der Waals surface area contributed by atoms with E-state index in [4.69, 9.17) is 27.9 Å². The lowest BCUT2D eigenvalue weighted by molar-refractivity contribution is 0.0515. The van der Waals surface area contributed by atoms with Crippen LogP contribution in [0.2, 0.25) is 10.0 Å². The highest BCUT2D eigenvalue weighted by molar-refractivity contribution is 7.99. The lowest BCUT2D eigenvalue weighted by Crippen LogP contribution is -2.35. The number of anilines is 1. The number of benzene rings is 1. The summed E-state index contributed by atoms with van der Waals surface area (Å²) in [5, 5.41) is 12.7. The molecule has 0 atom stereocenters. The second-order valence-electron chi connectivity index (χ2n) is 5.61. The van der Waals surface area contributed by atoms with Crippen molar-refractivity contribution in [2.75, 3.05) is 24.6 Å². The van der Waals surface area contributed by atoms with Crippen molar-refractivity contribution in [2.24, 2.45) is 0 Å². The Labute approximate surface area is 160 Å². The molecule has 0 bridgehead atoms. The number of nitrogens with zero attached hydrogens (tertiary/aromatic N) is 3. The van der Waals surface area contributed by atoms with Crippen LogP contribution in [0.3, 0.4) is 0 Å². The fourth-order valence-corrected chi connectivity index (χ4v) is 4.24. The third-order valence-electron chi connectivity index (χ3n) is 3.97. The Morgan fingerprint density at radius 3 is 2.88 bits per heavy atom. The van der Waals surface area contributed by atoms with Gasteiger partial charge in [0.2, 0.25) is 0 Å². The number of rotatable bonds is 5. The number of H-pyrrole nitrogens is 1. The molecule has 0 saturated carbocycles. The monoisotopic (exact) mass is 400 g/mol. The Hall–Kier alpha value is -1.44. The van der Waals surface area contributed by atoms with Crippen molar-refractivity contribution in [1.82, 2.24) is 15.4 Å². The van der Waals surface area contributed by atoms with Crippen LogP contribution in [0.1, 0.15) is 30.3 Å². The van der Waals surface area contributed by atoms with E-state index in [-0.39, 0.29) is 0 Å². The molecule has 3 rings (SSSR count). The predicted molar refractivity (Wildman–Crippen MR) is 99.9 cm³/mol. The van der Waals surface area contributed by atoms with Gasteiger partial charge in [-0.25, -0.2) is 4.79 Å². The largest absolute Gasteiger partial charge is 0.461 e. The summed E-state index contributed by atoms with van der Waals surface area (Å²) in [7, 11) is 0. The summed E-state index contributed by atoms with van der Waals surface area (Å²) >= 11 is 13.9. The van der Waals surface area contributed by atoms with E-state index in [0.717, 1.165) is 31.6 Å². The molecule has 2 heterocycles. The first-order valence-electron chi connectivity index (χ1n) is 8.03. The van der Waals surface area contributed by atoms with E-state index < -0.39 is 5.97 Å². The molecule has 1 aromatic carbocycles. The van der Waals surface area contributed by atoms with Crippen molar-refractivity contribution in [3.8, 4) is 0 Å². The van der Waals surface area contributed by atoms with Crippen LogP contribution < -0.4 is 4.90 Å². The van der Waals surface area contributed by atoms with Gasteiger partial charge >= 0.3 is 5.97 Å². The predicted octanol–water partition coefficient (Wildman–Crippen LogP) is 4.05. The second-order valence-corrected chi connectivity index (χ2v) is 7.75. The average Bonchev–Trinajstić information content (AvgIpc) is 3.06. The number of nitrogens with one attached hydrogen (secondary N) is 1. The summed E-state index contributed by atoms with van der Waals surface area (Å²) in [5.41, 5.74) is 1.29. The fraction of sp³-hybridized carbons (Fsp3) is 0.438. The highest BCUT2D eigenvalue weighted by Crippen LogP contribution is 2.35. The molecule has 134 valence electrons. The molecule has 0 spiro atoms. The molecule has 0 unspecified atom stereocenters. The fourth-order valence-electron chi connectivity index (χ4n) is 2.74. The lowest BCUT2D eigenvalue weighted by Gasteiger charge is -2.33. The van der Waals surface area contributed by atoms with Crippen molar-refractivity contribution in [3.05, 3.63) is 33.9 Å². The maximum atomic E-state index is 11.9. The SMILES string of the molecule is CCOC(=O)c1[nH]nnc1SC1CCN(c2cc(Cl)ccc2Cl)CC1. The van der Waals surface area contributed by atoms with E-state index in [2.05, 4.69) is 20.3 Å². The van der Waals surface area contributed by atoms with Gasteiger partial charge in [-0.3, -0.25) is 5.10 Å². The summed E-state index contributed by atoms with van der Waals surface area (Å²) in [5.74, 6) is -0.418. The zero-order valence-electron chi connectivity index (χ0n) is 13.7. The number of esters is 1. The molecule has 0 aliphatic carbocycles. The molecule has 1 fully saturated rings. The molecule has 0 amide bonds. The second kappa shape index (κ2) is 8.29. The van der Waals surface area contributed by atoms with Crippen LogP contribution in [-0.4, -0.2) is 46.3 Å². The quantitative estimate of drug-likeness (QED) is 0.763. The van der Waals surface area contributed by atoms with E-state index in [1.165, 1.54) is 0 Å². The topological polar surface area (TPSA) is 71.1 Å². The number of thioether (sulfide) groups is 1. The van der Waals surface area contributed by atoms with E-state index in [9.17, 15) is 4.79 Å². The summed E-state index contributed by atoms with van der Waals surface area (Å²) < 4.78 is 5.02. The first kappa shape index (κ1) is 18.4. The number of halogens is 2. The van der Waals surface area contributed by atoms with E-state index in [1.807, 2.05) is 12.1 Å². The van der Waals surface area contributed by atoms with E-state index in [0.29, 0.717) is 32.6 Å². The van der Waals surface area contributed by atoms with Gasteiger partial charge in [-0.1, -0.05) is 40.2 Å². The molecule has 25 heavy (non-hydrogen) atoms. The molecule has 2 aromatic rings. The van der Waals surface area contributed by atoms with E-state index in [1.54, 1.807) is 24.8 Å². The van der Waals surface area contributed by atoms with Gasteiger partial charge in [0.25, 0.3) is 0 Å². The maximum absolute atomic E-state index is 11.9. The van der Waals surface area contributed by atoms with Crippen LogP contribution in [0, 0.1) is 0 Å². The van der Waals surface area contributed by atoms with Crippen LogP contribution in [-0.2, 0) is 4.74 Å². The molecule has 6 nitrogen and oxygen atoms in total. The zero-order chi connectivity index (χ0) is 17.8. The molecule has 1 aliphatic heterocycles. The molecule has 1 saturated heterocycles. The number of carbonyl (C=O) groups is 1. The maximum Gasteiger partial charge on any atom is 0.359 e. The number of aromatic amines is 1. The molecule has 0 radical (unpaired) electrons. The minimum Gasteiger partial charge on any atom is -0.461 e. The third-order valence-corrected chi connectivity index (χ3v) is 5.83. The van der Waals surface area contributed by atoms with Crippen molar-refractivity contribution in [1.29, 1.82) is 0 Å². The van der Waals surface area contributed by atoms with Gasteiger partial charge in [-0.2, -0.15) is 0 Å². The number of hydrogen-bond donors (Lipinski definition) is 1.